The molecule has 1 unspecified atom stereocenters. The van der Waals surface area contributed by atoms with E-state index in [2.05, 4.69) is 20.6 Å². The van der Waals surface area contributed by atoms with Gasteiger partial charge in [-0.05, 0) is 22.3 Å². The van der Waals surface area contributed by atoms with Crippen LogP contribution in [0, 0.1) is 0 Å². The number of carboxylic acid groups (broad SMARTS) is 1. The van der Waals surface area contributed by atoms with Crippen LogP contribution < -0.4 is 10.6 Å². The van der Waals surface area contributed by atoms with E-state index in [0.717, 1.165) is 22.3 Å². The molecule has 0 saturated carbocycles. The Labute approximate surface area is 201 Å². The van der Waals surface area contributed by atoms with E-state index < -0.39 is 36.7 Å². The molecule has 2 amide bonds. The van der Waals surface area contributed by atoms with Crippen LogP contribution in [0.4, 0.5) is 4.79 Å². The highest BCUT2D eigenvalue weighted by Crippen LogP contribution is 2.44. The average molecular weight is 479 g/mol. The van der Waals surface area contributed by atoms with Crippen molar-refractivity contribution >= 4 is 18.0 Å². The molecule has 3 aromatic rings. The zero-order valence-corrected chi connectivity index (χ0v) is 18.8. The number of carboxylic acids is 1. The second-order valence-corrected chi connectivity index (χ2v) is 8.22. The van der Waals surface area contributed by atoms with Crippen molar-refractivity contribution in [1.29, 1.82) is 0 Å². The van der Waals surface area contributed by atoms with Crippen molar-refractivity contribution in [3.8, 4) is 11.1 Å². The van der Waals surface area contributed by atoms with E-state index >= 15 is 0 Å². The first-order valence-electron chi connectivity index (χ1n) is 11.2. The molecule has 1 heterocycles. The van der Waals surface area contributed by atoms with Gasteiger partial charge in [-0.2, -0.15) is 0 Å². The van der Waals surface area contributed by atoms with E-state index in [-0.39, 0.29) is 25.4 Å². The Morgan fingerprint density at radius 1 is 1.00 bits per heavy atom. The third-order valence-corrected chi connectivity index (χ3v) is 5.96. The molecule has 0 saturated heterocycles. The van der Waals surface area contributed by atoms with Gasteiger partial charge in [0.2, 0.25) is 5.91 Å². The molecule has 2 atom stereocenters. The molecule has 35 heavy (non-hydrogen) atoms. The van der Waals surface area contributed by atoms with Gasteiger partial charge >= 0.3 is 12.1 Å². The number of amides is 2. The highest BCUT2D eigenvalue weighted by Gasteiger charge is 2.31. The summed E-state index contributed by atoms with van der Waals surface area (Å²) in [4.78, 5) is 43.7. The number of carbonyl (C=O) groups excluding carboxylic acids is 2. The molecule has 5 N–H and O–H groups in total. The standard InChI is InChI=1S/C25H26N4O6/c30-10-9-21(24(32)33)28-23(31)22(11-15-12-26-14-27-15)29-25(34)35-13-20-18-7-3-1-5-16(18)17-6-2-4-8-19(17)20/h1-8,12,14,20-22,30H,9-11,13H2,(H,26,27)(H,28,31)(H,29,34)(H,32,33)/t21-,22?/m0/s1. The summed E-state index contributed by atoms with van der Waals surface area (Å²) in [6, 6.07) is 13.5. The second-order valence-electron chi connectivity index (χ2n) is 8.22. The average Bonchev–Trinajstić information content (AvgIpc) is 3.48. The zero-order valence-electron chi connectivity index (χ0n) is 18.8. The fraction of sp³-hybridized carbons (Fsp3) is 0.280. The van der Waals surface area contributed by atoms with Crippen LogP contribution in [0.5, 0.6) is 0 Å². The third kappa shape index (κ3) is 5.49. The first kappa shape index (κ1) is 24.0. The molecule has 0 bridgehead atoms. The van der Waals surface area contributed by atoms with Crippen molar-refractivity contribution in [2.45, 2.75) is 30.8 Å². The van der Waals surface area contributed by atoms with Crippen molar-refractivity contribution in [2.24, 2.45) is 0 Å². The highest BCUT2D eigenvalue weighted by atomic mass is 16.5. The predicted molar refractivity (Wildman–Crippen MR) is 126 cm³/mol. The van der Waals surface area contributed by atoms with E-state index in [4.69, 9.17) is 9.84 Å². The first-order chi connectivity index (χ1) is 17.0. The molecular formula is C25H26N4O6. The lowest BCUT2D eigenvalue weighted by Gasteiger charge is -2.21. The number of aliphatic hydroxyl groups excluding tert-OH is 1. The van der Waals surface area contributed by atoms with Gasteiger partial charge in [-0.15, -0.1) is 0 Å². The monoisotopic (exact) mass is 478 g/mol. The van der Waals surface area contributed by atoms with E-state index in [0.29, 0.717) is 5.69 Å². The number of H-pyrrole nitrogens is 1. The van der Waals surface area contributed by atoms with Gasteiger partial charge < -0.3 is 30.6 Å². The fourth-order valence-electron chi connectivity index (χ4n) is 4.27. The van der Waals surface area contributed by atoms with Gasteiger partial charge in [0.25, 0.3) is 0 Å². The number of hydrogen-bond acceptors (Lipinski definition) is 6. The van der Waals surface area contributed by atoms with Crippen LogP contribution >= 0.6 is 0 Å². The fourth-order valence-corrected chi connectivity index (χ4v) is 4.27. The third-order valence-electron chi connectivity index (χ3n) is 5.96. The maximum Gasteiger partial charge on any atom is 0.407 e. The maximum absolute atomic E-state index is 12.8. The van der Waals surface area contributed by atoms with Crippen LogP contribution in [-0.4, -0.2) is 63.4 Å². The number of aromatic amines is 1. The van der Waals surface area contributed by atoms with Gasteiger partial charge in [0.1, 0.15) is 18.7 Å². The van der Waals surface area contributed by atoms with Crippen molar-refractivity contribution in [3.05, 3.63) is 77.9 Å². The number of nitrogens with zero attached hydrogens (tertiary/aromatic N) is 1. The zero-order chi connectivity index (χ0) is 24.8. The number of rotatable bonds is 10. The summed E-state index contributed by atoms with van der Waals surface area (Å²) in [5, 5.41) is 23.3. The van der Waals surface area contributed by atoms with Gasteiger partial charge in [-0.1, -0.05) is 48.5 Å². The van der Waals surface area contributed by atoms with Crippen LogP contribution in [0.15, 0.2) is 61.1 Å². The Kier molecular flexibility index (Phi) is 7.41. The van der Waals surface area contributed by atoms with Crippen LogP contribution in [0.1, 0.15) is 29.2 Å². The topological polar surface area (TPSA) is 154 Å². The minimum Gasteiger partial charge on any atom is -0.480 e. The van der Waals surface area contributed by atoms with Crippen molar-refractivity contribution in [1.82, 2.24) is 20.6 Å². The van der Waals surface area contributed by atoms with Crippen LogP contribution in [0.25, 0.3) is 11.1 Å². The van der Waals surface area contributed by atoms with E-state index in [1.807, 2.05) is 48.5 Å². The summed E-state index contributed by atoms with van der Waals surface area (Å²) in [5.41, 5.74) is 4.87. The van der Waals surface area contributed by atoms with Crippen molar-refractivity contribution in [3.63, 3.8) is 0 Å². The summed E-state index contributed by atoms with van der Waals surface area (Å²) in [5.74, 6) is -2.14. The summed E-state index contributed by atoms with van der Waals surface area (Å²) in [6.45, 7) is -0.344. The lowest BCUT2D eigenvalue weighted by molar-refractivity contribution is -0.142. The van der Waals surface area contributed by atoms with Crippen LogP contribution in [-0.2, 0) is 20.7 Å². The first-order valence-corrected chi connectivity index (χ1v) is 11.2. The molecule has 10 nitrogen and oxygen atoms in total. The minimum absolute atomic E-state index is 0.0431. The lowest BCUT2D eigenvalue weighted by atomic mass is 9.98. The molecule has 10 heteroatoms. The van der Waals surface area contributed by atoms with Gasteiger partial charge in [-0.25, -0.2) is 14.6 Å². The summed E-state index contributed by atoms with van der Waals surface area (Å²) in [6.07, 6.45) is 2.01. The predicted octanol–water partition coefficient (Wildman–Crippen LogP) is 1.81. The lowest BCUT2D eigenvalue weighted by Crippen LogP contribution is -2.52. The number of nitrogens with one attached hydrogen (secondary N) is 3. The molecule has 182 valence electrons. The number of benzene rings is 2. The summed E-state index contributed by atoms with van der Waals surface area (Å²) < 4.78 is 5.53. The Morgan fingerprint density at radius 3 is 2.23 bits per heavy atom. The Bertz CT molecular complexity index is 1150. The number of ether oxygens (including phenoxy) is 1. The quantitative estimate of drug-likeness (QED) is 0.298. The van der Waals surface area contributed by atoms with Gasteiger partial charge in [0, 0.05) is 37.3 Å². The van der Waals surface area contributed by atoms with Gasteiger partial charge in [0.15, 0.2) is 0 Å². The normalized spacial score (nSPS) is 13.9. The molecule has 0 radical (unpaired) electrons. The Morgan fingerprint density at radius 2 is 1.66 bits per heavy atom. The van der Waals surface area contributed by atoms with E-state index in [9.17, 15) is 19.5 Å². The van der Waals surface area contributed by atoms with Crippen LogP contribution in [0.3, 0.4) is 0 Å². The highest BCUT2D eigenvalue weighted by molar-refractivity contribution is 5.89. The summed E-state index contributed by atoms with van der Waals surface area (Å²) >= 11 is 0. The van der Waals surface area contributed by atoms with Crippen molar-refractivity contribution < 1.29 is 29.3 Å². The molecule has 4 rings (SSSR count). The number of alkyl carbamates (subject to hydrolysis) is 1. The Hall–Kier alpha value is -4.18. The number of aliphatic hydroxyl groups is 1. The largest absolute Gasteiger partial charge is 0.480 e. The van der Waals surface area contributed by atoms with Crippen molar-refractivity contribution in [2.75, 3.05) is 13.2 Å². The van der Waals surface area contributed by atoms with E-state index in [1.54, 1.807) is 0 Å². The SMILES string of the molecule is O=C(NC(Cc1cnc[nH]1)C(=O)N[C@@H](CCO)C(=O)O)OCC1c2ccccc2-c2ccccc21. The van der Waals surface area contributed by atoms with E-state index in [1.165, 1.54) is 12.5 Å². The molecule has 0 fully saturated rings. The number of carbonyl (C=O) groups is 3. The van der Waals surface area contributed by atoms with Gasteiger partial charge in [-0.3, -0.25) is 4.79 Å². The smallest absolute Gasteiger partial charge is 0.407 e. The molecule has 1 aliphatic rings. The number of imidazole rings is 1. The molecular weight excluding hydrogens is 452 g/mol. The van der Waals surface area contributed by atoms with Crippen LogP contribution in [0.2, 0.25) is 0 Å². The molecule has 0 aliphatic heterocycles. The number of aliphatic carboxylic acids is 1. The number of aromatic nitrogens is 2. The second kappa shape index (κ2) is 10.8. The molecule has 1 aliphatic carbocycles. The van der Waals surface area contributed by atoms with Gasteiger partial charge in [0.05, 0.1) is 6.33 Å². The molecule has 1 aromatic heterocycles. The number of hydrogen-bond donors (Lipinski definition) is 5. The molecule has 0 spiro atoms. The minimum atomic E-state index is -1.29. The Balaban J connectivity index is 1.44. The molecule has 2 aromatic carbocycles. The maximum atomic E-state index is 12.8. The number of fused-ring (bicyclic) bond motifs is 3. The summed E-state index contributed by atoms with van der Waals surface area (Å²) in [7, 11) is 0.